The van der Waals surface area contributed by atoms with Gasteiger partial charge in [0.05, 0.1) is 15.1 Å². The maximum atomic E-state index is 10.6. The van der Waals surface area contributed by atoms with Crippen molar-refractivity contribution in [3.05, 3.63) is 25.5 Å². The number of aromatic nitrogens is 2. The number of nitrogens with one attached hydrogen (secondary N) is 1. The van der Waals surface area contributed by atoms with E-state index in [1.54, 1.807) is 0 Å². The van der Waals surface area contributed by atoms with Crippen LogP contribution in [0.2, 0.25) is 0 Å². The Morgan fingerprint density at radius 2 is 2.10 bits per heavy atom. The van der Waals surface area contributed by atoms with Gasteiger partial charge in [0.25, 0.3) is 5.56 Å². The summed E-state index contributed by atoms with van der Waals surface area (Å²) in [5.74, 6) is 0. The van der Waals surface area contributed by atoms with Crippen molar-refractivity contribution in [2.75, 3.05) is 0 Å². The first-order valence-electron chi connectivity index (χ1n) is 2.10. The minimum atomic E-state index is -0.232. The summed E-state index contributed by atoms with van der Waals surface area (Å²) in [5.41, 5.74) is -0.232. The van der Waals surface area contributed by atoms with Gasteiger partial charge < -0.3 is 0 Å². The van der Waals surface area contributed by atoms with Gasteiger partial charge >= 0.3 is 51.4 Å². The van der Waals surface area contributed by atoms with E-state index in [1.807, 2.05) is 0 Å². The van der Waals surface area contributed by atoms with Gasteiger partial charge in [-0.2, -0.15) is 5.10 Å². The van der Waals surface area contributed by atoms with E-state index in [1.165, 1.54) is 6.20 Å². The molecule has 0 saturated heterocycles. The van der Waals surface area contributed by atoms with E-state index < -0.39 is 0 Å². The van der Waals surface area contributed by atoms with E-state index >= 15 is 0 Å². The number of halogens is 2. The summed E-state index contributed by atoms with van der Waals surface area (Å²) < 4.78 is 1.13. The van der Waals surface area contributed by atoms with Crippen molar-refractivity contribution in [1.82, 2.24) is 10.2 Å². The van der Waals surface area contributed by atoms with Crippen LogP contribution >= 0.6 is 31.9 Å². The average Bonchev–Trinajstić information content (AvgIpc) is 1.83. The molecule has 1 N–H and O–H groups in total. The van der Waals surface area contributed by atoms with Gasteiger partial charge in [0.15, 0.2) is 0 Å². The zero-order valence-electron chi connectivity index (χ0n) is 4.19. The number of aromatic amines is 1. The second-order valence-corrected chi connectivity index (χ2v) is 3.01. The molecule has 0 aromatic carbocycles. The summed E-state index contributed by atoms with van der Waals surface area (Å²) in [7, 11) is 0. The number of hydrogen-bond acceptors (Lipinski definition) is 2. The number of nitrogens with zero attached hydrogens (tertiary/aromatic N) is 1. The van der Waals surface area contributed by atoms with Gasteiger partial charge in [-0.05, 0) is 31.9 Å². The first-order chi connectivity index (χ1) is 4.22. The van der Waals surface area contributed by atoms with Crippen molar-refractivity contribution in [2.45, 2.75) is 0 Å². The Kier molecular flexibility index (Phi) is 5.95. The second kappa shape index (κ2) is 5.18. The third kappa shape index (κ3) is 2.84. The summed E-state index contributed by atoms with van der Waals surface area (Å²) in [5, 5.41) is 5.79. The molecule has 1 rings (SSSR count). The Morgan fingerprint density at radius 1 is 1.50 bits per heavy atom. The number of hydrogen-bond donors (Lipinski definition) is 1. The minimum absolute atomic E-state index is 0. The molecule has 0 fully saturated rings. The van der Waals surface area contributed by atoms with Crippen molar-refractivity contribution in [3.8, 4) is 0 Å². The zero-order valence-corrected chi connectivity index (χ0v) is 7.36. The molecule has 0 unspecified atom stereocenters. The van der Waals surface area contributed by atoms with E-state index in [0.29, 0.717) is 8.95 Å². The van der Waals surface area contributed by atoms with Crippen molar-refractivity contribution in [1.29, 1.82) is 0 Å². The fourth-order valence-corrected chi connectivity index (χ4v) is 0.835. The molecule has 10 heavy (non-hydrogen) atoms. The molecular weight excluding hydrogens is 291 g/mol. The SMILES string of the molecule is O=c1[nH]ncc(Br)c1Br.[KH]. The molecule has 0 aliphatic carbocycles. The van der Waals surface area contributed by atoms with Crippen LogP contribution in [0.15, 0.2) is 19.9 Å². The standard InChI is InChI=1S/C4H2Br2N2O.K.H/c5-2-1-7-8-4(9)3(2)6;;/h1H,(H,8,9);;. The summed E-state index contributed by atoms with van der Waals surface area (Å²) in [4.78, 5) is 10.6. The van der Waals surface area contributed by atoms with E-state index in [4.69, 9.17) is 0 Å². The third-order valence-corrected chi connectivity index (χ3v) is 2.67. The normalized spacial score (nSPS) is 8.60. The fourth-order valence-electron chi connectivity index (χ4n) is 0.362. The van der Waals surface area contributed by atoms with Crippen LogP contribution in [-0.4, -0.2) is 61.6 Å². The Hall–Kier alpha value is 1.48. The summed E-state index contributed by atoms with van der Waals surface area (Å²) in [6.45, 7) is 0. The molecule has 0 amide bonds. The molecular formula is C4H3Br2KN2O. The molecule has 0 atom stereocenters. The quantitative estimate of drug-likeness (QED) is 0.714. The monoisotopic (exact) mass is 292 g/mol. The summed E-state index contributed by atoms with van der Waals surface area (Å²) >= 11 is 6.17. The fraction of sp³-hybridized carbons (Fsp3) is 0. The molecule has 1 aromatic heterocycles. The Bertz CT molecular complexity index is 274. The van der Waals surface area contributed by atoms with Crippen LogP contribution in [-0.2, 0) is 0 Å². The molecule has 0 aliphatic heterocycles. The molecule has 3 nitrogen and oxygen atoms in total. The Labute approximate surface area is 117 Å². The van der Waals surface area contributed by atoms with Gasteiger partial charge in [-0.15, -0.1) is 0 Å². The molecule has 6 heteroatoms. The maximum absolute atomic E-state index is 10.6. The number of rotatable bonds is 0. The first kappa shape index (κ1) is 11.5. The van der Waals surface area contributed by atoms with Crippen LogP contribution in [0.3, 0.4) is 0 Å². The third-order valence-electron chi connectivity index (χ3n) is 0.753. The predicted octanol–water partition coefficient (Wildman–Crippen LogP) is 0.646. The van der Waals surface area contributed by atoms with Crippen LogP contribution in [0, 0.1) is 0 Å². The van der Waals surface area contributed by atoms with Crippen molar-refractivity contribution in [2.24, 2.45) is 0 Å². The molecule has 0 radical (unpaired) electrons. The summed E-state index contributed by atoms with van der Waals surface area (Å²) in [6, 6.07) is 0. The van der Waals surface area contributed by atoms with Crippen LogP contribution in [0.4, 0.5) is 0 Å². The predicted molar refractivity (Wildman–Crippen MR) is 47.4 cm³/mol. The molecule has 0 aliphatic rings. The van der Waals surface area contributed by atoms with Crippen LogP contribution in [0.5, 0.6) is 0 Å². The summed E-state index contributed by atoms with van der Waals surface area (Å²) in [6.07, 6.45) is 1.51. The molecule has 50 valence electrons. The topological polar surface area (TPSA) is 45.8 Å². The molecule has 0 spiro atoms. The van der Waals surface area contributed by atoms with Crippen molar-refractivity contribution >= 4 is 83.2 Å². The van der Waals surface area contributed by atoms with E-state index in [9.17, 15) is 4.79 Å². The molecule has 0 bridgehead atoms. The van der Waals surface area contributed by atoms with E-state index in [2.05, 4.69) is 42.1 Å². The van der Waals surface area contributed by atoms with E-state index in [0.717, 1.165) is 0 Å². The Balaban J connectivity index is 0.000000810. The van der Waals surface area contributed by atoms with Crippen molar-refractivity contribution < 1.29 is 0 Å². The first-order valence-corrected chi connectivity index (χ1v) is 3.69. The van der Waals surface area contributed by atoms with Crippen LogP contribution in [0.25, 0.3) is 0 Å². The van der Waals surface area contributed by atoms with E-state index in [-0.39, 0.29) is 56.9 Å². The second-order valence-electron chi connectivity index (χ2n) is 1.36. The Morgan fingerprint density at radius 3 is 2.50 bits per heavy atom. The van der Waals surface area contributed by atoms with Gasteiger partial charge in [0.1, 0.15) is 0 Å². The molecule has 1 aromatic rings. The van der Waals surface area contributed by atoms with Gasteiger partial charge in [-0.25, -0.2) is 5.10 Å². The van der Waals surface area contributed by atoms with Crippen LogP contribution < -0.4 is 5.56 Å². The van der Waals surface area contributed by atoms with Crippen LogP contribution in [0.1, 0.15) is 0 Å². The van der Waals surface area contributed by atoms with Gasteiger partial charge in [0, 0.05) is 0 Å². The van der Waals surface area contributed by atoms with Crippen molar-refractivity contribution in [3.63, 3.8) is 0 Å². The molecule has 0 saturated carbocycles. The average molecular weight is 294 g/mol. The van der Waals surface area contributed by atoms with Gasteiger partial charge in [-0.1, -0.05) is 0 Å². The van der Waals surface area contributed by atoms with Gasteiger partial charge in [0.2, 0.25) is 0 Å². The van der Waals surface area contributed by atoms with Gasteiger partial charge in [-0.3, -0.25) is 4.79 Å². The molecule has 1 heterocycles. The zero-order chi connectivity index (χ0) is 6.85. The number of H-pyrrole nitrogens is 1.